The summed E-state index contributed by atoms with van der Waals surface area (Å²) in [5, 5.41) is 0. The van der Waals surface area contributed by atoms with Gasteiger partial charge in [0.25, 0.3) is 0 Å². The second-order valence-electron chi connectivity index (χ2n) is 5.38. The molecular weight excluding hydrogens is 250 g/mol. The Hall–Kier alpha value is -2.10. The Morgan fingerprint density at radius 2 is 1.80 bits per heavy atom. The van der Waals surface area contributed by atoms with Gasteiger partial charge in [0.15, 0.2) is 5.82 Å². The molecule has 4 nitrogen and oxygen atoms in total. The predicted octanol–water partition coefficient (Wildman–Crippen LogP) is 3.54. The lowest BCUT2D eigenvalue weighted by atomic mass is 10.1. The van der Waals surface area contributed by atoms with E-state index < -0.39 is 0 Å². The van der Waals surface area contributed by atoms with Gasteiger partial charge in [-0.2, -0.15) is 4.98 Å². The van der Waals surface area contributed by atoms with Gasteiger partial charge in [-0.05, 0) is 19.3 Å². The number of nitrogen functional groups attached to an aromatic ring is 1. The maximum absolute atomic E-state index is 5.84. The summed E-state index contributed by atoms with van der Waals surface area (Å²) in [6.45, 7) is 6.38. The average Bonchev–Trinajstić information content (AvgIpc) is 2.38. The Labute approximate surface area is 120 Å². The smallest absolute Gasteiger partial charge is 0.219 e. The van der Waals surface area contributed by atoms with Crippen molar-refractivity contribution in [2.75, 3.05) is 5.73 Å². The number of rotatable bonds is 5. The van der Waals surface area contributed by atoms with E-state index in [2.05, 4.69) is 23.8 Å². The molecule has 2 rings (SSSR count). The first-order valence-electron chi connectivity index (χ1n) is 6.91. The van der Waals surface area contributed by atoms with Crippen molar-refractivity contribution in [1.82, 2.24) is 9.97 Å². The number of hydrogen-bond donors (Lipinski definition) is 1. The number of hydrogen-bond acceptors (Lipinski definition) is 4. The van der Waals surface area contributed by atoms with E-state index in [0.717, 1.165) is 12.0 Å². The number of nitrogens with two attached hydrogens (primary N) is 1. The van der Waals surface area contributed by atoms with Crippen molar-refractivity contribution in [1.29, 1.82) is 0 Å². The highest BCUT2D eigenvalue weighted by Gasteiger charge is 2.10. The maximum Gasteiger partial charge on any atom is 0.219 e. The summed E-state index contributed by atoms with van der Waals surface area (Å²) in [6, 6.07) is 11.4. The molecule has 1 unspecified atom stereocenters. The van der Waals surface area contributed by atoms with Crippen LogP contribution in [0.4, 0.5) is 5.82 Å². The highest BCUT2D eigenvalue weighted by atomic mass is 16.5. The van der Waals surface area contributed by atoms with E-state index in [1.54, 1.807) is 6.07 Å². The second-order valence-corrected chi connectivity index (χ2v) is 5.38. The lowest BCUT2D eigenvalue weighted by Crippen LogP contribution is -2.15. The zero-order valence-corrected chi connectivity index (χ0v) is 12.2. The SMILES string of the molecule is CC(C)CC(C)Oc1cc(N)nc(-c2ccccc2)n1. The highest BCUT2D eigenvalue weighted by molar-refractivity contribution is 5.57. The highest BCUT2D eigenvalue weighted by Crippen LogP contribution is 2.21. The monoisotopic (exact) mass is 271 g/mol. The first-order chi connectivity index (χ1) is 9.54. The topological polar surface area (TPSA) is 61.0 Å². The van der Waals surface area contributed by atoms with Crippen molar-refractivity contribution < 1.29 is 4.74 Å². The molecule has 1 aromatic carbocycles. The number of ether oxygens (including phenoxy) is 1. The molecule has 0 saturated heterocycles. The van der Waals surface area contributed by atoms with E-state index in [0.29, 0.717) is 23.4 Å². The quantitative estimate of drug-likeness (QED) is 0.903. The number of benzene rings is 1. The fourth-order valence-electron chi connectivity index (χ4n) is 2.14. The van der Waals surface area contributed by atoms with Gasteiger partial charge in [-0.15, -0.1) is 0 Å². The fraction of sp³-hybridized carbons (Fsp3) is 0.375. The fourth-order valence-corrected chi connectivity index (χ4v) is 2.14. The van der Waals surface area contributed by atoms with E-state index in [-0.39, 0.29) is 6.10 Å². The van der Waals surface area contributed by atoms with Crippen LogP contribution in [-0.2, 0) is 0 Å². The van der Waals surface area contributed by atoms with Crippen molar-refractivity contribution in [2.45, 2.75) is 33.3 Å². The lowest BCUT2D eigenvalue weighted by molar-refractivity contribution is 0.186. The van der Waals surface area contributed by atoms with Crippen LogP contribution in [-0.4, -0.2) is 16.1 Å². The van der Waals surface area contributed by atoms with Gasteiger partial charge in [0, 0.05) is 11.6 Å². The summed E-state index contributed by atoms with van der Waals surface area (Å²) in [7, 11) is 0. The molecule has 1 aromatic heterocycles. The van der Waals surface area contributed by atoms with Gasteiger partial charge in [-0.1, -0.05) is 44.2 Å². The largest absolute Gasteiger partial charge is 0.474 e. The van der Waals surface area contributed by atoms with Crippen LogP contribution >= 0.6 is 0 Å². The van der Waals surface area contributed by atoms with Gasteiger partial charge in [-0.25, -0.2) is 4.98 Å². The van der Waals surface area contributed by atoms with Crippen molar-refractivity contribution in [3.63, 3.8) is 0 Å². The molecule has 106 valence electrons. The Bertz CT molecular complexity index is 555. The van der Waals surface area contributed by atoms with E-state index in [9.17, 15) is 0 Å². The maximum atomic E-state index is 5.84. The van der Waals surface area contributed by atoms with Crippen LogP contribution in [0.1, 0.15) is 27.2 Å². The number of anilines is 1. The summed E-state index contributed by atoms with van der Waals surface area (Å²) in [5.74, 6) is 2.13. The summed E-state index contributed by atoms with van der Waals surface area (Å²) in [6.07, 6.45) is 1.08. The minimum Gasteiger partial charge on any atom is -0.474 e. The molecule has 0 saturated carbocycles. The molecule has 0 aliphatic heterocycles. The molecule has 20 heavy (non-hydrogen) atoms. The molecule has 0 fully saturated rings. The summed E-state index contributed by atoms with van der Waals surface area (Å²) >= 11 is 0. The summed E-state index contributed by atoms with van der Waals surface area (Å²) in [4.78, 5) is 8.70. The normalized spacial score (nSPS) is 12.4. The van der Waals surface area contributed by atoms with Crippen molar-refractivity contribution in [2.24, 2.45) is 5.92 Å². The molecule has 0 aliphatic carbocycles. The minimum absolute atomic E-state index is 0.105. The van der Waals surface area contributed by atoms with Gasteiger partial charge in [-0.3, -0.25) is 0 Å². The average molecular weight is 271 g/mol. The van der Waals surface area contributed by atoms with Crippen molar-refractivity contribution >= 4 is 5.82 Å². The molecular formula is C16H21N3O. The van der Waals surface area contributed by atoms with E-state index in [1.165, 1.54) is 0 Å². The van der Waals surface area contributed by atoms with Gasteiger partial charge in [0.05, 0.1) is 6.10 Å². The minimum atomic E-state index is 0.105. The second kappa shape index (κ2) is 6.37. The van der Waals surface area contributed by atoms with Gasteiger partial charge in [0.1, 0.15) is 5.82 Å². The van der Waals surface area contributed by atoms with Crippen LogP contribution in [0, 0.1) is 5.92 Å². The zero-order chi connectivity index (χ0) is 14.5. The Balaban J connectivity index is 2.21. The van der Waals surface area contributed by atoms with Crippen LogP contribution < -0.4 is 10.5 Å². The molecule has 0 amide bonds. The molecule has 4 heteroatoms. The van der Waals surface area contributed by atoms with Gasteiger partial charge < -0.3 is 10.5 Å². The summed E-state index contributed by atoms with van der Waals surface area (Å²) in [5.41, 5.74) is 6.77. The molecule has 2 aromatic rings. The molecule has 2 N–H and O–H groups in total. The van der Waals surface area contributed by atoms with Crippen molar-refractivity contribution in [3.05, 3.63) is 36.4 Å². The molecule has 1 atom stereocenters. The van der Waals surface area contributed by atoms with Crippen molar-refractivity contribution in [3.8, 4) is 17.3 Å². The summed E-state index contributed by atoms with van der Waals surface area (Å²) < 4.78 is 5.84. The third-order valence-electron chi connectivity index (χ3n) is 2.88. The van der Waals surface area contributed by atoms with E-state index in [4.69, 9.17) is 10.5 Å². The number of nitrogens with zero attached hydrogens (tertiary/aromatic N) is 2. The third kappa shape index (κ3) is 3.95. The molecule has 1 heterocycles. The number of aromatic nitrogens is 2. The van der Waals surface area contributed by atoms with Gasteiger partial charge in [0.2, 0.25) is 5.88 Å². The Kier molecular flexibility index (Phi) is 4.56. The standard InChI is InChI=1S/C16H21N3O/c1-11(2)9-12(3)20-15-10-14(17)18-16(19-15)13-7-5-4-6-8-13/h4-8,10-12H,9H2,1-3H3,(H2,17,18,19). The van der Waals surface area contributed by atoms with Crippen LogP contribution in [0.5, 0.6) is 5.88 Å². The van der Waals surface area contributed by atoms with E-state index >= 15 is 0 Å². The molecule has 0 spiro atoms. The first kappa shape index (κ1) is 14.3. The van der Waals surface area contributed by atoms with E-state index in [1.807, 2.05) is 37.3 Å². The van der Waals surface area contributed by atoms with Crippen LogP contribution in [0.3, 0.4) is 0 Å². The van der Waals surface area contributed by atoms with Gasteiger partial charge >= 0.3 is 0 Å². The van der Waals surface area contributed by atoms with Crippen LogP contribution in [0.25, 0.3) is 11.4 Å². The Morgan fingerprint density at radius 1 is 1.10 bits per heavy atom. The zero-order valence-electron chi connectivity index (χ0n) is 12.2. The molecule has 0 aliphatic rings. The first-order valence-corrected chi connectivity index (χ1v) is 6.91. The van der Waals surface area contributed by atoms with Crippen LogP contribution in [0.15, 0.2) is 36.4 Å². The van der Waals surface area contributed by atoms with Crippen LogP contribution in [0.2, 0.25) is 0 Å². The Morgan fingerprint density at radius 3 is 2.45 bits per heavy atom. The molecule has 0 radical (unpaired) electrons. The lowest BCUT2D eigenvalue weighted by Gasteiger charge is -2.16. The predicted molar refractivity (Wildman–Crippen MR) is 81.4 cm³/mol. The third-order valence-corrected chi connectivity index (χ3v) is 2.88. The molecule has 0 bridgehead atoms.